The summed E-state index contributed by atoms with van der Waals surface area (Å²) >= 11 is 0. The normalized spacial score (nSPS) is 14.0. The van der Waals surface area contributed by atoms with Crippen LogP contribution in [0.15, 0.2) is 114 Å². The van der Waals surface area contributed by atoms with E-state index in [-0.39, 0.29) is 29.1 Å². The van der Waals surface area contributed by atoms with E-state index in [2.05, 4.69) is 5.32 Å². The molecule has 0 radical (unpaired) electrons. The second-order valence-corrected chi connectivity index (χ2v) is 13.7. The number of benzene rings is 4. The molecule has 10 heteroatoms. The van der Waals surface area contributed by atoms with E-state index in [1.165, 1.54) is 17.0 Å². The Morgan fingerprint density at radius 1 is 0.792 bits per heavy atom. The number of carbonyl (C=O) groups excluding carboxylic acids is 2. The van der Waals surface area contributed by atoms with Crippen LogP contribution in [0.5, 0.6) is 17.2 Å². The van der Waals surface area contributed by atoms with Crippen LogP contribution in [0, 0.1) is 0 Å². The number of carbonyl (C=O) groups is 2. The van der Waals surface area contributed by atoms with Crippen molar-refractivity contribution in [2.24, 2.45) is 0 Å². The number of hydrogen-bond acceptors (Lipinski definition) is 6. The van der Waals surface area contributed by atoms with Crippen molar-refractivity contribution in [3.63, 3.8) is 0 Å². The van der Waals surface area contributed by atoms with Crippen LogP contribution in [0.25, 0.3) is 0 Å². The molecule has 1 unspecified atom stereocenters. The molecule has 2 amide bonds. The minimum absolute atomic E-state index is 0.0474. The number of nitrogens with one attached hydrogen (secondary N) is 1. The van der Waals surface area contributed by atoms with Crippen LogP contribution in [-0.4, -0.2) is 50.9 Å². The second-order valence-electron chi connectivity index (χ2n) is 11.9. The molecule has 4 aromatic rings. The molecule has 0 bridgehead atoms. The summed E-state index contributed by atoms with van der Waals surface area (Å²) in [5.41, 5.74) is 1.07. The molecule has 1 N–H and O–H groups in total. The largest absolute Gasteiger partial charge is 0.497 e. The number of methoxy groups -OCH3 is 1. The first-order chi connectivity index (χ1) is 23.3. The van der Waals surface area contributed by atoms with E-state index in [1.54, 1.807) is 61.7 Å². The number of para-hydroxylation sites is 1. The van der Waals surface area contributed by atoms with Gasteiger partial charge in [-0.3, -0.25) is 13.9 Å². The Balaban J connectivity index is 1.47. The van der Waals surface area contributed by atoms with Gasteiger partial charge in [0.05, 0.1) is 17.7 Å². The summed E-state index contributed by atoms with van der Waals surface area (Å²) in [4.78, 5) is 29.7. The lowest BCUT2D eigenvalue weighted by Crippen LogP contribution is -2.54. The van der Waals surface area contributed by atoms with Crippen LogP contribution in [0.3, 0.4) is 0 Å². The van der Waals surface area contributed by atoms with Crippen molar-refractivity contribution in [2.75, 3.05) is 18.0 Å². The molecule has 0 saturated heterocycles. The molecule has 0 aliphatic heterocycles. The van der Waals surface area contributed by atoms with Crippen molar-refractivity contribution in [1.29, 1.82) is 0 Å². The average Bonchev–Trinajstić information content (AvgIpc) is 3.12. The van der Waals surface area contributed by atoms with Gasteiger partial charge in [0, 0.05) is 12.6 Å². The van der Waals surface area contributed by atoms with Crippen LogP contribution in [0.4, 0.5) is 5.69 Å². The van der Waals surface area contributed by atoms with Crippen molar-refractivity contribution in [3.05, 3.63) is 115 Å². The van der Waals surface area contributed by atoms with Crippen molar-refractivity contribution in [2.45, 2.75) is 69.0 Å². The zero-order valence-electron chi connectivity index (χ0n) is 27.5. The lowest BCUT2D eigenvalue weighted by molar-refractivity contribution is -0.140. The van der Waals surface area contributed by atoms with E-state index in [1.807, 2.05) is 49.4 Å². The summed E-state index contributed by atoms with van der Waals surface area (Å²) in [7, 11) is -2.60. The summed E-state index contributed by atoms with van der Waals surface area (Å²) in [6, 6.07) is 30.4. The summed E-state index contributed by atoms with van der Waals surface area (Å²) in [6.45, 7) is 1.46. The molecular weight excluding hydrogens is 627 g/mol. The first-order valence-corrected chi connectivity index (χ1v) is 17.9. The molecule has 0 aromatic heterocycles. The van der Waals surface area contributed by atoms with Crippen LogP contribution >= 0.6 is 0 Å². The number of sulfonamides is 1. The van der Waals surface area contributed by atoms with Crippen molar-refractivity contribution >= 4 is 27.5 Å². The summed E-state index contributed by atoms with van der Waals surface area (Å²) in [5.74, 6) is 1.09. The molecule has 4 aromatic carbocycles. The molecule has 1 atom stereocenters. The van der Waals surface area contributed by atoms with E-state index < -0.39 is 28.5 Å². The van der Waals surface area contributed by atoms with Crippen molar-refractivity contribution in [1.82, 2.24) is 10.2 Å². The van der Waals surface area contributed by atoms with Gasteiger partial charge in [0.25, 0.3) is 10.0 Å². The van der Waals surface area contributed by atoms with Crippen LogP contribution in [0.1, 0.15) is 51.0 Å². The average molecular weight is 670 g/mol. The Morgan fingerprint density at radius 3 is 1.98 bits per heavy atom. The molecule has 5 rings (SSSR count). The van der Waals surface area contributed by atoms with Crippen molar-refractivity contribution < 1.29 is 27.5 Å². The monoisotopic (exact) mass is 669 g/mol. The quantitative estimate of drug-likeness (QED) is 0.156. The van der Waals surface area contributed by atoms with Gasteiger partial charge < -0.3 is 19.7 Å². The zero-order chi connectivity index (χ0) is 33.9. The Kier molecular flexibility index (Phi) is 11.7. The third kappa shape index (κ3) is 8.74. The summed E-state index contributed by atoms with van der Waals surface area (Å²) in [6.07, 6.45) is 5.42. The molecule has 1 fully saturated rings. The Bertz CT molecular complexity index is 1730. The fraction of sp³-hybridized carbons (Fsp3) is 0.316. The zero-order valence-corrected chi connectivity index (χ0v) is 28.3. The molecule has 0 spiro atoms. The van der Waals surface area contributed by atoms with Gasteiger partial charge in [-0.25, -0.2) is 8.42 Å². The highest BCUT2D eigenvalue weighted by atomic mass is 32.2. The third-order valence-electron chi connectivity index (χ3n) is 8.56. The molecule has 252 valence electrons. The minimum Gasteiger partial charge on any atom is -0.497 e. The predicted molar refractivity (Wildman–Crippen MR) is 187 cm³/mol. The standard InChI is InChI=1S/C38H43N3O6S/c1-3-36(38(43)39-30-13-7-4-8-14-30)40(27-29-19-23-32(46-2)24-20-29)37(42)28-41(48(44,45)35-17-11-6-12-18-35)31-21-25-34(26-22-31)47-33-15-9-5-10-16-33/h5-6,9-12,15-26,30,36H,3-4,7-8,13-14,27-28H2,1-2H3,(H,39,43). The fourth-order valence-electron chi connectivity index (χ4n) is 5.94. The lowest BCUT2D eigenvalue weighted by Gasteiger charge is -2.34. The molecule has 1 aliphatic rings. The first-order valence-electron chi connectivity index (χ1n) is 16.4. The van der Waals surface area contributed by atoms with E-state index in [0.29, 0.717) is 23.7 Å². The second kappa shape index (κ2) is 16.3. The third-order valence-corrected chi connectivity index (χ3v) is 10.4. The van der Waals surface area contributed by atoms with Crippen LogP contribution in [0.2, 0.25) is 0 Å². The fourth-order valence-corrected chi connectivity index (χ4v) is 7.38. The highest BCUT2D eigenvalue weighted by Crippen LogP contribution is 2.29. The maximum absolute atomic E-state index is 14.4. The molecule has 48 heavy (non-hydrogen) atoms. The van der Waals surface area contributed by atoms with Crippen LogP contribution < -0.4 is 19.1 Å². The number of nitrogens with zero attached hydrogens (tertiary/aromatic N) is 2. The highest BCUT2D eigenvalue weighted by Gasteiger charge is 2.34. The SMILES string of the molecule is CCC(C(=O)NC1CCCCC1)N(Cc1ccc(OC)cc1)C(=O)CN(c1ccc(Oc2ccccc2)cc1)S(=O)(=O)c1ccccc1. The summed E-state index contributed by atoms with van der Waals surface area (Å²) < 4.78 is 40.7. The Labute approximate surface area is 283 Å². The number of hydrogen-bond donors (Lipinski definition) is 1. The minimum atomic E-state index is -4.18. The maximum Gasteiger partial charge on any atom is 0.264 e. The number of anilines is 1. The van der Waals surface area contributed by atoms with Gasteiger partial charge >= 0.3 is 0 Å². The smallest absolute Gasteiger partial charge is 0.264 e. The van der Waals surface area contributed by atoms with Gasteiger partial charge in [0.15, 0.2) is 0 Å². The predicted octanol–water partition coefficient (Wildman–Crippen LogP) is 6.94. The van der Waals surface area contributed by atoms with Gasteiger partial charge in [-0.15, -0.1) is 0 Å². The molecule has 1 aliphatic carbocycles. The van der Waals surface area contributed by atoms with E-state index >= 15 is 0 Å². The topological polar surface area (TPSA) is 105 Å². The lowest BCUT2D eigenvalue weighted by atomic mass is 9.95. The number of ether oxygens (including phenoxy) is 2. The van der Waals surface area contributed by atoms with Gasteiger partial charge in [-0.05, 0) is 85.5 Å². The number of rotatable bonds is 14. The van der Waals surface area contributed by atoms with E-state index in [0.717, 1.165) is 42.0 Å². The molecule has 1 saturated carbocycles. The van der Waals surface area contributed by atoms with Gasteiger partial charge in [-0.1, -0.05) is 74.7 Å². The molecule has 9 nitrogen and oxygen atoms in total. The van der Waals surface area contributed by atoms with Gasteiger partial charge in [0.1, 0.15) is 29.8 Å². The van der Waals surface area contributed by atoms with Crippen molar-refractivity contribution in [3.8, 4) is 17.2 Å². The number of amides is 2. The Hall–Kier alpha value is -4.83. The van der Waals surface area contributed by atoms with Gasteiger partial charge in [-0.2, -0.15) is 0 Å². The first kappa shape index (κ1) is 34.5. The maximum atomic E-state index is 14.4. The van der Waals surface area contributed by atoms with Crippen LogP contribution in [-0.2, 0) is 26.2 Å². The molecule has 0 heterocycles. The Morgan fingerprint density at radius 2 is 1.38 bits per heavy atom. The highest BCUT2D eigenvalue weighted by molar-refractivity contribution is 7.92. The van der Waals surface area contributed by atoms with E-state index in [9.17, 15) is 18.0 Å². The van der Waals surface area contributed by atoms with Gasteiger partial charge in [0.2, 0.25) is 11.8 Å². The van der Waals surface area contributed by atoms with E-state index in [4.69, 9.17) is 9.47 Å². The molecular formula is C38H43N3O6S. The summed E-state index contributed by atoms with van der Waals surface area (Å²) in [5, 5.41) is 3.18.